The van der Waals surface area contributed by atoms with E-state index in [9.17, 15) is 9.18 Å². The third-order valence-corrected chi connectivity index (χ3v) is 5.62. The first-order chi connectivity index (χ1) is 17.4. The van der Waals surface area contributed by atoms with Crippen LogP contribution in [0.3, 0.4) is 0 Å². The number of carbonyl (C=O) groups is 1. The van der Waals surface area contributed by atoms with E-state index >= 15 is 0 Å². The quantitative estimate of drug-likeness (QED) is 0.394. The van der Waals surface area contributed by atoms with Crippen molar-refractivity contribution in [3.63, 3.8) is 0 Å². The standard InChI is InChI=1S/C25H20ClFN6O3/c1-15-30-23(36-32-15)21-13-29-25(33(24(21)34)14-16-2-4-17(26)5-3-16)31-19-7-9-20(10-8-19)35-22-11-6-18(27)12-28-22/h2-12,21H,13-14H2,1H3,(H,29,31). The van der Waals surface area contributed by atoms with Crippen LogP contribution in [-0.4, -0.2) is 38.4 Å². The fraction of sp³-hybridized carbons (Fsp3) is 0.160. The topological polar surface area (TPSA) is 106 Å². The Morgan fingerprint density at radius 1 is 1.14 bits per heavy atom. The molecule has 9 nitrogen and oxygen atoms in total. The van der Waals surface area contributed by atoms with Crippen LogP contribution in [0.15, 0.2) is 76.4 Å². The van der Waals surface area contributed by atoms with Crippen LogP contribution in [0.5, 0.6) is 11.6 Å². The van der Waals surface area contributed by atoms with E-state index < -0.39 is 11.7 Å². The van der Waals surface area contributed by atoms with Gasteiger partial charge >= 0.3 is 0 Å². The zero-order chi connectivity index (χ0) is 25.1. The lowest BCUT2D eigenvalue weighted by Crippen LogP contribution is -2.47. The number of nitrogens with one attached hydrogen (secondary N) is 1. The van der Waals surface area contributed by atoms with E-state index in [0.29, 0.717) is 28.2 Å². The van der Waals surface area contributed by atoms with Crippen LogP contribution < -0.4 is 10.1 Å². The smallest absolute Gasteiger partial charge is 0.244 e. The second-order valence-corrected chi connectivity index (χ2v) is 8.45. The Bertz CT molecular complexity index is 1390. The molecule has 1 unspecified atom stereocenters. The second-order valence-electron chi connectivity index (χ2n) is 8.01. The van der Waals surface area contributed by atoms with Crippen LogP contribution in [0.2, 0.25) is 5.02 Å². The van der Waals surface area contributed by atoms with Gasteiger partial charge in [0.25, 0.3) is 0 Å². The minimum atomic E-state index is -0.678. The van der Waals surface area contributed by atoms with Gasteiger partial charge in [-0.05, 0) is 55.0 Å². The van der Waals surface area contributed by atoms with Crippen molar-refractivity contribution >= 4 is 29.2 Å². The summed E-state index contributed by atoms with van der Waals surface area (Å²) in [7, 11) is 0. The fourth-order valence-corrected chi connectivity index (χ4v) is 3.71. The van der Waals surface area contributed by atoms with Gasteiger partial charge in [0.1, 0.15) is 17.5 Å². The Balaban J connectivity index is 1.36. The SMILES string of the molecule is Cc1noc(C2CN=C(Nc3ccc(Oc4ccc(F)cn4)cc3)N(Cc3ccc(Cl)cc3)C2=O)n1. The molecule has 5 rings (SSSR count). The molecule has 0 saturated carbocycles. The first-order valence-corrected chi connectivity index (χ1v) is 11.4. The molecule has 1 aliphatic heterocycles. The first-order valence-electron chi connectivity index (χ1n) is 11.0. The average Bonchev–Trinajstić information content (AvgIpc) is 3.31. The molecule has 1 atom stereocenters. The zero-order valence-corrected chi connectivity index (χ0v) is 19.8. The number of halogens is 2. The lowest BCUT2D eigenvalue weighted by molar-refractivity contribution is -0.130. The predicted molar refractivity (Wildman–Crippen MR) is 130 cm³/mol. The van der Waals surface area contributed by atoms with Crippen molar-refractivity contribution in [1.29, 1.82) is 0 Å². The van der Waals surface area contributed by atoms with E-state index in [1.54, 1.807) is 48.2 Å². The van der Waals surface area contributed by atoms with Gasteiger partial charge in [-0.25, -0.2) is 9.37 Å². The summed E-state index contributed by atoms with van der Waals surface area (Å²) in [5, 5.41) is 7.62. The number of rotatable bonds is 6. The van der Waals surface area contributed by atoms with Crippen LogP contribution >= 0.6 is 11.6 Å². The highest BCUT2D eigenvalue weighted by Gasteiger charge is 2.36. The van der Waals surface area contributed by atoms with Crippen LogP contribution in [0, 0.1) is 12.7 Å². The molecule has 0 aliphatic carbocycles. The number of hydrogen-bond donors (Lipinski definition) is 1. The van der Waals surface area contributed by atoms with Crippen molar-refractivity contribution < 1.29 is 18.4 Å². The molecule has 4 aromatic rings. The molecule has 0 saturated heterocycles. The normalized spacial score (nSPS) is 15.5. The molecule has 2 aromatic carbocycles. The molecular formula is C25H20ClFN6O3. The summed E-state index contributed by atoms with van der Waals surface area (Å²) in [6.07, 6.45) is 1.08. The summed E-state index contributed by atoms with van der Waals surface area (Å²) in [5.74, 6) is 0.532. The Morgan fingerprint density at radius 2 is 1.92 bits per heavy atom. The Morgan fingerprint density at radius 3 is 2.58 bits per heavy atom. The predicted octanol–water partition coefficient (Wildman–Crippen LogP) is 4.95. The van der Waals surface area contributed by atoms with Crippen molar-refractivity contribution in [3.8, 4) is 11.6 Å². The number of benzene rings is 2. The average molecular weight is 507 g/mol. The monoisotopic (exact) mass is 506 g/mol. The number of aliphatic imine (C=N–C) groups is 1. The van der Waals surface area contributed by atoms with Gasteiger partial charge in [0.05, 0.1) is 19.3 Å². The first kappa shape index (κ1) is 23.4. The summed E-state index contributed by atoms with van der Waals surface area (Å²) in [4.78, 5) is 27.8. The fourth-order valence-electron chi connectivity index (χ4n) is 3.58. The maximum absolute atomic E-state index is 13.5. The van der Waals surface area contributed by atoms with Gasteiger partial charge in [-0.1, -0.05) is 28.9 Å². The highest BCUT2D eigenvalue weighted by molar-refractivity contribution is 6.30. The summed E-state index contributed by atoms with van der Waals surface area (Å²) in [6.45, 7) is 2.13. The van der Waals surface area contributed by atoms with Crippen molar-refractivity contribution in [1.82, 2.24) is 20.0 Å². The largest absolute Gasteiger partial charge is 0.439 e. The molecule has 0 radical (unpaired) electrons. The molecule has 2 aromatic heterocycles. The number of pyridine rings is 1. The molecular weight excluding hydrogens is 487 g/mol. The highest BCUT2D eigenvalue weighted by atomic mass is 35.5. The minimum Gasteiger partial charge on any atom is -0.439 e. The number of carbonyl (C=O) groups excluding carboxylic acids is 1. The summed E-state index contributed by atoms with van der Waals surface area (Å²) < 4.78 is 23.9. The number of hydrogen-bond acceptors (Lipinski definition) is 8. The lowest BCUT2D eigenvalue weighted by Gasteiger charge is -2.31. The molecule has 3 heterocycles. The second kappa shape index (κ2) is 10.1. The Hall–Kier alpha value is -4.31. The van der Waals surface area contributed by atoms with E-state index in [0.717, 1.165) is 11.8 Å². The zero-order valence-electron chi connectivity index (χ0n) is 19.1. The van der Waals surface area contributed by atoms with Gasteiger partial charge in [0.2, 0.25) is 23.6 Å². The molecule has 0 spiro atoms. The number of ether oxygens (including phenoxy) is 1. The van der Waals surface area contributed by atoms with Crippen molar-refractivity contribution in [3.05, 3.63) is 95.0 Å². The van der Waals surface area contributed by atoms with Gasteiger partial charge in [0, 0.05) is 16.8 Å². The highest BCUT2D eigenvalue weighted by Crippen LogP contribution is 2.26. The van der Waals surface area contributed by atoms with E-state index in [2.05, 4.69) is 25.4 Å². The van der Waals surface area contributed by atoms with Gasteiger partial charge in [-0.15, -0.1) is 0 Å². The number of amides is 1. The van der Waals surface area contributed by atoms with E-state index in [4.69, 9.17) is 20.9 Å². The van der Waals surface area contributed by atoms with Crippen molar-refractivity contribution in [2.24, 2.45) is 4.99 Å². The third-order valence-electron chi connectivity index (χ3n) is 5.37. The maximum Gasteiger partial charge on any atom is 0.244 e. The number of guanidine groups is 1. The molecule has 1 aliphatic rings. The molecule has 0 fully saturated rings. The van der Waals surface area contributed by atoms with Gasteiger partial charge in [-0.3, -0.25) is 14.7 Å². The van der Waals surface area contributed by atoms with Gasteiger partial charge in [0.15, 0.2) is 5.82 Å². The number of aromatic nitrogens is 3. The van der Waals surface area contributed by atoms with Crippen LogP contribution in [0.25, 0.3) is 0 Å². The maximum atomic E-state index is 13.5. The number of aryl methyl sites for hydroxylation is 1. The van der Waals surface area contributed by atoms with Crippen LogP contribution in [-0.2, 0) is 11.3 Å². The van der Waals surface area contributed by atoms with E-state index in [1.165, 1.54) is 12.1 Å². The van der Waals surface area contributed by atoms with Crippen LogP contribution in [0.1, 0.15) is 23.2 Å². The molecule has 1 amide bonds. The Labute approximate surface area is 210 Å². The number of nitrogens with zero attached hydrogens (tertiary/aromatic N) is 5. The summed E-state index contributed by atoms with van der Waals surface area (Å²) >= 11 is 6.02. The van der Waals surface area contributed by atoms with E-state index in [-0.39, 0.29) is 30.8 Å². The third kappa shape index (κ3) is 5.33. The van der Waals surface area contributed by atoms with Gasteiger partial charge < -0.3 is 14.6 Å². The number of anilines is 1. The molecule has 11 heteroatoms. The molecule has 36 heavy (non-hydrogen) atoms. The minimum absolute atomic E-state index is 0.164. The summed E-state index contributed by atoms with van der Waals surface area (Å²) in [6, 6.07) is 17.0. The molecule has 1 N–H and O–H groups in total. The van der Waals surface area contributed by atoms with Crippen LogP contribution in [0.4, 0.5) is 10.1 Å². The lowest BCUT2D eigenvalue weighted by atomic mass is 10.1. The van der Waals surface area contributed by atoms with Crippen molar-refractivity contribution in [2.75, 3.05) is 11.9 Å². The van der Waals surface area contributed by atoms with E-state index in [1.807, 2.05) is 12.1 Å². The van der Waals surface area contributed by atoms with Gasteiger partial charge in [-0.2, -0.15) is 4.98 Å². The molecule has 182 valence electrons. The molecule has 0 bridgehead atoms. The van der Waals surface area contributed by atoms with Crippen molar-refractivity contribution in [2.45, 2.75) is 19.4 Å². The summed E-state index contributed by atoms with van der Waals surface area (Å²) in [5.41, 5.74) is 1.56. The Kier molecular flexibility index (Phi) is 6.59.